The molecule has 2 aromatic rings. The number of alkyl halides is 3. The lowest BCUT2D eigenvalue weighted by molar-refractivity contribution is -0.142. The van der Waals surface area contributed by atoms with E-state index in [1.807, 2.05) is 0 Å². The summed E-state index contributed by atoms with van der Waals surface area (Å²) in [5.41, 5.74) is 0.518. The first-order valence-corrected chi connectivity index (χ1v) is 8.08. The second kappa shape index (κ2) is 8.98. The highest BCUT2D eigenvalue weighted by Gasteiger charge is 2.29. The van der Waals surface area contributed by atoms with Gasteiger partial charge in [0.1, 0.15) is 0 Å². The van der Waals surface area contributed by atoms with Gasteiger partial charge >= 0.3 is 12.1 Å². The van der Waals surface area contributed by atoms with Crippen molar-refractivity contribution in [3.05, 3.63) is 71.3 Å². The lowest BCUT2D eigenvalue weighted by atomic mass is 10.1. The molecule has 2 rings (SSSR count). The molecule has 0 radical (unpaired) electrons. The molecule has 5 nitrogen and oxygen atoms in total. The summed E-state index contributed by atoms with van der Waals surface area (Å²) in [6.07, 6.45) is -2.14. The zero-order chi connectivity index (χ0) is 20.7. The Balaban J connectivity index is 1.82. The van der Waals surface area contributed by atoms with Crippen LogP contribution in [0.2, 0.25) is 0 Å². The number of ether oxygens (including phenoxy) is 1. The molecule has 2 aromatic carbocycles. The minimum Gasteiger partial charge on any atom is -0.452 e. The van der Waals surface area contributed by atoms with E-state index in [9.17, 15) is 27.6 Å². The molecule has 0 aliphatic rings. The van der Waals surface area contributed by atoms with E-state index in [0.29, 0.717) is 16.8 Å². The van der Waals surface area contributed by atoms with E-state index < -0.39 is 30.2 Å². The molecule has 0 saturated heterocycles. The van der Waals surface area contributed by atoms with Crippen LogP contribution in [0.3, 0.4) is 0 Å². The molecule has 1 N–H and O–H groups in total. The molecule has 0 saturated carbocycles. The van der Waals surface area contributed by atoms with Crippen molar-refractivity contribution in [2.24, 2.45) is 0 Å². The predicted molar refractivity (Wildman–Crippen MR) is 96.5 cm³/mol. The van der Waals surface area contributed by atoms with Crippen molar-refractivity contribution in [1.29, 1.82) is 0 Å². The molecule has 1 amide bonds. The number of benzene rings is 2. The number of Topliss-reactive ketones (excluding diaryl/α,β-unsaturated/α-hetero) is 1. The van der Waals surface area contributed by atoms with E-state index >= 15 is 0 Å². The number of rotatable bonds is 6. The van der Waals surface area contributed by atoms with Gasteiger partial charge in [-0.15, -0.1) is 0 Å². The van der Waals surface area contributed by atoms with Crippen molar-refractivity contribution in [3.63, 3.8) is 0 Å². The Kier molecular flexibility index (Phi) is 6.70. The van der Waals surface area contributed by atoms with Gasteiger partial charge in [-0.05, 0) is 55.0 Å². The maximum absolute atomic E-state index is 12.5. The molecular formula is C20H16F3NO4. The average molecular weight is 391 g/mol. The summed E-state index contributed by atoms with van der Waals surface area (Å²) in [6.45, 7) is 0.885. The third-order valence-corrected chi connectivity index (χ3v) is 3.57. The van der Waals surface area contributed by atoms with Gasteiger partial charge in [-0.1, -0.05) is 12.1 Å². The summed E-state index contributed by atoms with van der Waals surface area (Å²) >= 11 is 0. The third-order valence-electron chi connectivity index (χ3n) is 3.57. The average Bonchev–Trinajstić information content (AvgIpc) is 2.64. The maximum atomic E-state index is 12.5. The Labute approximate surface area is 158 Å². The number of carbonyl (C=O) groups excluding carboxylic acids is 3. The number of hydrogen-bond donors (Lipinski definition) is 1. The van der Waals surface area contributed by atoms with Crippen LogP contribution in [0.15, 0.2) is 54.6 Å². The van der Waals surface area contributed by atoms with E-state index in [1.54, 1.807) is 24.3 Å². The van der Waals surface area contributed by atoms with Crippen LogP contribution in [-0.4, -0.2) is 24.3 Å². The van der Waals surface area contributed by atoms with E-state index in [0.717, 1.165) is 18.2 Å². The van der Waals surface area contributed by atoms with Gasteiger partial charge in [-0.25, -0.2) is 4.79 Å². The van der Waals surface area contributed by atoms with E-state index in [1.165, 1.54) is 25.1 Å². The normalized spacial score (nSPS) is 11.3. The van der Waals surface area contributed by atoms with Gasteiger partial charge in [0.15, 0.2) is 12.4 Å². The summed E-state index contributed by atoms with van der Waals surface area (Å²) in [5, 5.41) is 2.50. The van der Waals surface area contributed by atoms with Gasteiger partial charge in [0.25, 0.3) is 5.91 Å². The number of ketones is 1. The Morgan fingerprint density at radius 3 is 2.14 bits per heavy atom. The molecule has 28 heavy (non-hydrogen) atoms. The van der Waals surface area contributed by atoms with Gasteiger partial charge in [0.05, 0.1) is 5.56 Å². The fourth-order valence-corrected chi connectivity index (χ4v) is 2.12. The Hall–Kier alpha value is -3.42. The van der Waals surface area contributed by atoms with Gasteiger partial charge < -0.3 is 10.1 Å². The Morgan fingerprint density at radius 1 is 1.00 bits per heavy atom. The molecule has 0 fully saturated rings. The second-order valence-corrected chi connectivity index (χ2v) is 5.74. The number of amides is 1. The number of anilines is 1. The zero-order valence-electron chi connectivity index (χ0n) is 14.7. The molecule has 0 spiro atoms. The number of hydrogen-bond acceptors (Lipinski definition) is 4. The quantitative estimate of drug-likeness (QED) is 0.457. The van der Waals surface area contributed by atoms with Crippen LogP contribution in [0.4, 0.5) is 18.9 Å². The summed E-state index contributed by atoms with van der Waals surface area (Å²) in [5.74, 6) is -1.50. The minimum absolute atomic E-state index is 0.105. The lowest BCUT2D eigenvalue weighted by Gasteiger charge is -2.06. The van der Waals surface area contributed by atoms with Crippen LogP contribution >= 0.6 is 0 Å². The Morgan fingerprint density at radius 2 is 1.61 bits per heavy atom. The van der Waals surface area contributed by atoms with Crippen LogP contribution in [0, 0.1) is 0 Å². The predicted octanol–water partition coefficient (Wildman–Crippen LogP) is 4.10. The van der Waals surface area contributed by atoms with Crippen LogP contribution in [0.25, 0.3) is 6.08 Å². The van der Waals surface area contributed by atoms with Crippen LogP contribution < -0.4 is 5.32 Å². The molecule has 0 atom stereocenters. The fourth-order valence-electron chi connectivity index (χ4n) is 2.12. The topological polar surface area (TPSA) is 72.5 Å². The van der Waals surface area contributed by atoms with Gasteiger partial charge in [0, 0.05) is 17.3 Å². The van der Waals surface area contributed by atoms with Crippen LogP contribution in [-0.2, 0) is 20.5 Å². The van der Waals surface area contributed by atoms with Crippen LogP contribution in [0.5, 0.6) is 0 Å². The molecule has 8 heteroatoms. The van der Waals surface area contributed by atoms with Crippen molar-refractivity contribution in [1.82, 2.24) is 0 Å². The highest BCUT2D eigenvalue weighted by atomic mass is 19.4. The molecular weight excluding hydrogens is 375 g/mol. The van der Waals surface area contributed by atoms with E-state index in [-0.39, 0.29) is 5.78 Å². The number of halogens is 3. The van der Waals surface area contributed by atoms with E-state index in [4.69, 9.17) is 4.74 Å². The highest BCUT2D eigenvalue weighted by molar-refractivity contribution is 5.96. The zero-order valence-corrected chi connectivity index (χ0v) is 14.7. The summed E-state index contributed by atoms with van der Waals surface area (Å²) in [4.78, 5) is 34.5. The monoisotopic (exact) mass is 391 g/mol. The lowest BCUT2D eigenvalue weighted by Crippen LogP contribution is -2.20. The summed E-state index contributed by atoms with van der Waals surface area (Å²) in [6, 6.07) is 10.4. The smallest absolute Gasteiger partial charge is 0.416 e. The molecule has 0 aromatic heterocycles. The van der Waals surface area contributed by atoms with Crippen molar-refractivity contribution in [3.8, 4) is 0 Å². The SMILES string of the molecule is CC(=O)c1ccc(NC(=O)COC(=O)/C=C/c2ccc(C(F)(F)F)cc2)cc1. The van der Waals surface area contributed by atoms with E-state index in [2.05, 4.69) is 5.32 Å². The van der Waals surface area contributed by atoms with Gasteiger partial charge in [-0.3, -0.25) is 9.59 Å². The first-order chi connectivity index (χ1) is 13.1. The number of esters is 1. The number of carbonyl (C=O) groups is 3. The van der Waals surface area contributed by atoms with Crippen molar-refractivity contribution < 1.29 is 32.3 Å². The summed E-state index contributed by atoms with van der Waals surface area (Å²) in [7, 11) is 0. The van der Waals surface area contributed by atoms with Crippen molar-refractivity contribution in [2.75, 3.05) is 11.9 Å². The molecule has 0 unspecified atom stereocenters. The standard InChI is InChI=1S/C20H16F3NO4/c1-13(25)15-5-9-17(10-6-15)24-18(26)12-28-19(27)11-4-14-2-7-16(8-3-14)20(21,22)23/h2-11H,12H2,1H3,(H,24,26)/b11-4+. The summed E-state index contributed by atoms with van der Waals surface area (Å²) < 4.78 is 42.2. The second-order valence-electron chi connectivity index (χ2n) is 5.74. The first kappa shape index (κ1) is 20.9. The maximum Gasteiger partial charge on any atom is 0.416 e. The molecule has 0 heterocycles. The molecule has 0 bridgehead atoms. The van der Waals surface area contributed by atoms with Crippen molar-refractivity contribution >= 4 is 29.4 Å². The minimum atomic E-state index is -4.43. The van der Waals surface area contributed by atoms with Crippen LogP contribution in [0.1, 0.15) is 28.4 Å². The molecule has 0 aliphatic carbocycles. The third kappa shape index (κ3) is 6.39. The van der Waals surface area contributed by atoms with Gasteiger partial charge in [0.2, 0.25) is 0 Å². The first-order valence-electron chi connectivity index (χ1n) is 8.08. The molecule has 0 aliphatic heterocycles. The number of nitrogens with one attached hydrogen (secondary N) is 1. The Bertz CT molecular complexity index is 885. The molecule has 146 valence electrons. The fraction of sp³-hybridized carbons (Fsp3) is 0.150. The largest absolute Gasteiger partial charge is 0.452 e. The van der Waals surface area contributed by atoms with Gasteiger partial charge in [-0.2, -0.15) is 13.2 Å². The highest BCUT2D eigenvalue weighted by Crippen LogP contribution is 2.29. The van der Waals surface area contributed by atoms with Crippen molar-refractivity contribution in [2.45, 2.75) is 13.1 Å².